The van der Waals surface area contributed by atoms with Crippen LogP contribution in [0, 0.1) is 5.82 Å². The van der Waals surface area contributed by atoms with E-state index in [1.54, 1.807) is 6.07 Å². The zero-order chi connectivity index (χ0) is 15.3. The van der Waals surface area contributed by atoms with Crippen molar-refractivity contribution >= 4 is 5.69 Å². The lowest BCUT2D eigenvalue weighted by atomic mass is 10.1. The molecule has 0 aliphatic carbocycles. The van der Waals surface area contributed by atoms with Crippen LogP contribution >= 0.6 is 0 Å². The predicted molar refractivity (Wildman–Crippen MR) is 85.8 cm³/mol. The first kappa shape index (κ1) is 17.0. The average Bonchev–Trinajstić information content (AvgIpc) is 2.37. The van der Waals surface area contributed by atoms with Crippen LogP contribution in [0.2, 0.25) is 0 Å². The molecule has 2 nitrogen and oxygen atoms in total. The molecule has 0 aliphatic heterocycles. The first-order valence-electron chi connectivity index (χ1n) is 7.54. The molecule has 0 spiro atoms. The van der Waals surface area contributed by atoms with Crippen LogP contribution in [0.25, 0.3) is 0 Å². The van der Waals surface area contributed by atoms with Crippen molar-refractivity contribution in [2.24, 2.45) is 0 Å². The molecule has 1 aromatic rings. The van der Waals surface area contributed by atoms with Gasteiger partial charge in [-0.2, -0.15) is 0 Å². The van der Waals surface area contributed by atoms with Crippen LogP contribution < -0.4 is 10.2 Å². The summed E-state index contributed by atoms with van der Waals surface area (Å²) in [5.74, 6) is -0.132. The van der Waals surface area contributed by atoms with Gasteiger partial charge in [0.15, 0.2) is 0 Å². The zero-order valence-electron chi connectivity index (χ0n) is 13.8. The summed E-state index contributed by atoms with van der Waals surface area (Å²) >= 11 is 0. The van der Waals surface area contributed by atoms with Gasteiger partial charge >= 0.3 is 0 Å². The molecule has 0 saturated carbocycles. The molecule has 0 unspecified atom stereocenters. The summed E-state index contributed by atoms with van der Waals surface area (Å²) in [6, 6.07) is 5.94. The quantitative estimate of drug-likeness (QED) is 0.834. The van der Waals surface area contributed by atoms with Gasteiger partial charge in [0.2, 0.25) is 0 Å². The summed E-state index contributed by atoms with van der Waals surface area (Å²) in [6.45, 7) is 11.3. The van der Waals surface area contributed by atoms with Gasteiger partial charge in [-0.1, -0.05) is 19.9 Å². The first-order chi connectivity index (χ1) is 9.28. The van der Waals surface area contributed by atoms with Crippen LogP contribution in [0.15, 0.2) is 18.2 Å². The van der Waals surface area contributed by atoms with E-state index in [1.165, 1.54) is 0 Å². The Morgan fingerprint density at radius 2 is 1.80 bits per heavy atom. The van der Waals surface area contributed by atoms with Crippen LogP contribution in [0.5, 0.6) is 0 Å². The van der Waals surface area contributed by atoms with E-state index in [-0.39, 0.29) is 11.4 Å². The fourth-order valence-corrected chi connectivity index (χ4v) is 2.35. The third-order valence-corrected chi connectivity index (χ3v) is 3.71. The maximum atomic E-state index is 14.3. The maximum Gasteiger partial charge on any atom is 0.146 e. The van der Waals surface area contributed by atoms with E-state index in [0.717, 1.165) is 18.4 Å². The molecule has 0 saturated heterocycles. The van der Waals surface area contributed by atoms with Crippen LogP contribution in [0.4, 0.5) is 10.1 Å². The normalized spacial score (nSPS) is 12.0. The molecule has 0 fully saturated rings. The zero-order valence-corrected chi connectivity index (χ0v) is 13.8. The van der Waals surface area contributed by atoms with Crippen LogP contribution in [0.1, 0.15) is 53.0 Å². The number of halogens is 1. The Morgan fingerprint density at radius 3 is 2.25 bits per heavy atom. The van der Waals surface area contributed by atoms with Crippen LogP contribution in [0.3, 0.4) is 0 Å². The molecule has 0 atom stereocenters. The molecular weight excluding hydrogens is 251 g/mol. The van der Waals surface area contributed by atoms with E-state index in [9.17, 15) is 4.39 Å². The molecule has 3 heteroatoms. The molecular formula is C17H29FN2. The number of hydrogen-bond donors (Lipinski definition) is 1. The van der Waals surface area contributed by atoms with Gasteiger partial charge in [0.1, 0.15) is 5.82 Å². The van der Waals surface area contributed by atoms with Gasteiger partial charge in [0.05, 0.1) is 5.69 Å². The van der Waals surface area contributed by atoms with Crippen molar-refractivity contribution in [1.82, 2.24) is 5.32 Å². The Bertz CT molecular complexity index is 419. The van der Waals surface area contributed by atoms with Gasteiger partial charge in [-0.05, 0) is 51.3 Å². The van der Waals surface area contributed by atoms with Gasteiger partial charge in [-0.3, -0.25) is 0 Å². The van der Waals surface area contributed by atoms with E-state index < -0.39 is 0 Å². The predicted octanol–water partition coefficient (Wildman–Crippen LogP) is 4.34. The van der Waals surface area contributed by atoms with Gasteiger partial charge in [0.25, 0.3) is 0 Å². The number of nitrogens with zero attached hydrogens (tertiary/aromatic N) is 1. The van der Waals surface area contributed by atoms with Crippen molar-refractivity contribution in [2.45, 2.75) is 65.6 Å². The van der Waals surface area contributed by atoms with Crippen molar-refractivity contribution in [2.75, 3.05) is 11.9 Å². The molecule has 0 radical (unpaired) electrons. The molecule has 0 bridgehead atoms. The van der Waals surface area contributed by atoms with Crippen molar-refractivity contribution in [3.63, 3.8) is 0 Å². The van der Waals surface area contributed by atoms with Gasteiger partial charge in [-0.25, -0.2) is 4.39 Å². The highest BCUT2D eigenvalue weighted by atomic mass is 19.1. The lowest BCUT2D eigenvalue weighted by molar-refractivity contribution is 0.423. The molecule has 114 valence electrons. The SMILES string of the molecule is CCC(CC)N(C)c1ccc(CNC(C)(C)C)cc1F. The molecule has 1 rings (SSSR count). The number of nitrogens with one attached hydrogen (secondary N) is 1. The highest BCUT2D eigenvalue weighted by Crippen LogP contribution is 2.23. The minimum Gasteiger partial charge on any atom is -0.369 e. The second kappa shape index (κ2) is 7.07. The van der Waals surface area contributed by atoms with Crippen LogP contribution in [-0.2, 0) is 6.54 Å². The Hall–Kier alpha value is -1.09. The smallest absolute Gasteiger partial charge is 0.146 e. The number of benzene rings is 1. The molecule has 20 heavy (non-hydrogen) atoms. The Balaban J connectivity index is 2.82. The summed E-state index contributed by atoms with van der Waals surface area (Å²) in [4.78, 5) is 2.05. The first-order valence-corrected chi connectivity index (χ1v) is 7.54. The maximum absolute atomic E-state index is 14.3. The Kier molecular flexibility index (Phi) is 6.00. The van der Waals surface area contributed by atoms with E-state index in [1.807, 2.05) is 19.2 Å². The Labute approximate surface area is 123 Å². The monoisotopic (exact) mass is 280 g/mol. The lowest BCUT2D eigenvalue weighted by Gasteiger charge is -2.29. The molecule has 0 amide bonds. The largest absolute Gasteiger partial charge is 0.369 e. The van der Waals surface area contributed by atoms with E-state index in [2.05, 4.69) is 44.8 Å². The average molecular weight is 280 g/mol. The lowest BCUT2D eigenvalue weighted by Crippen LogP contribution is -2.35. The third kappa shape index (κ3) is 4.78. The van der Waals surface area contributed by atoms with Gasteiger partial charge in [0, 0.05) is 25.2 Å². The van der Waals surface area contributed by atoms with E-state index in [0.29, 0.717) is 18.3 Å². The Morgan fingerprint density at radius 1 is 1.20 bits per heavy atom. The van der Waals surface area contributed by atoms with Crippen LogP contribution in [-0.4, -0.2) is 18.6 Å². The summed E-state index contributed by atoms with van der Waals surface area (Å²) in [6.07, 6.45) is 2.06. The number of anilines is 1. The summed E-state index contributed by atoms with van der Waals surface area (Å²) in [7, 11) is 1.98. The molecule has 1 N–H and O–H groups in total. The fourth-order valence-electron chi connectivity index (χ4n) is 2.35. The van der Waals surface area contributed by atoms with Gasteiger partial charge in [-0.15, -0.1) is 0 Å². The molecule has 0 aliphatic rings. The molecule has 0 heterocycles. The van der Waals surface area contributed by atoms with Crippen molar-refractivity contribution in [3.05, 3.63) is 29.6 Å². The summed E-state index contributed by atoms with van der Waals surface area (Å²) < 4.78 is 14.3. The number of rotatable bonds is 6. The summed E-state index contributed by atoms with van der Waals surface area (Å²) in [5.41, 5.74) is 1.72. The van der Waals surface area contributed by atoms with Gasteiger partial charge < -0.3 is 10.2 Å². The number of hydrogen-bond acceptors (Lipinski definition) is 2. The standard InChI is InChI=1S/C17H29FN2/c1-7-14(8-2)20(6)16-10-9-13(11-15(16)18)12-19-17(3,4)5/h9-11,14,19H,7-8,12H2,1-6H3. The van der Waals surface area contributed by atoms with Crippen molar-refractivity contribution < 1.29 is 4.39 Å². The second-order valence-electron chi connectivity index (χ2n) is 6.47. The third-order valence-electron chi connectivity index (χ3n) is 3.71. The highest BCUT2D eigenvalue weighted by molar-refractivity contribution is 5.49. The topological polar surface area (TPSA) is 15.3 Å². The minimum atomic E-state index is -0.132. The molecule has 0 aromatic heterocycles. The second-order valence-corrected chi connectivity index (χ2v) is 6.47. The minimum absolute atomic E-state index is 0.0431. The summed E-state index contributed by atoms with van der Waals surface area (Å²) in [5, 5.41) is 3.38. The van der Waals surface area contributed by atoms with E-state index in [4.69, 9.17) is 0 Å². The molecule has 1 aromatic carbocycles. The van der Waals surface area contributed by atoms with Crippen molar-refractivity contribution in [3.8, 4) is 0 Å². The fraction of sp³-hybridized carbons (Fsp3) is 0.647. The van der Waals surface area contributed by atoms with E-state index >= 15 is 0 Å². The highest BCUT2D eigenvalue weighted by Gasteiger charge is 2.15. The van der Waals surface area contributed by atoms with Crippen molar-refractivity contribution in [1.29, 1.82) is 0 Å².